The Morgan fingerprint density at radius 2 is 2.23 bits per heavy atom. The molecule has 0 amide bonds. The fourth-order valence-electron chi connectivity index (χ4n) is 7.23. The number of rotatable bonds is 3. The molecule has 6 aliphatic rings. The number of carboxylic acid groups (broad SMARTS) is 1. The van der Waals surface area contributed by atoms with Crippen molar-refractivity contribution in [2.45, 2.75) is 37.5 Å². The van der Waals surface area contributed by atoms with Crippen LogP contribution >= 0.6 is 0 Å². The van der Waals surface area contributed by atoms with Crippen molar-refractivity contribution < 1.29 is 29.2 Å². The highest BCUT2D eigenvalue weighted by Crippen LogP contribution is 2.64. The van der Waals surface area contributed by atoms with Crippen LogP contribution in [0.25, 0.3) is 0 Å². The molecule has 0 aromatic rings. The number of hydrogen-bond acceptors (Lipinski definition) is 8. The number of carboxylic acids is 1. The molecular formula is C21H21N3O7. The van der Waals surface area contributed by atoms with Gasteiger partial charge in [-0.05, 0) is 37.0 Å². The zero-order valence-electron chi connectivity index (χ0n) is 16.6. The number of hydrogen-bond donors (Lipinski definition) is 2. The van der Waals surface area contributed by atoms with Gasteiger partial charge in [0.25, 0.3) is 0 Å². The predicted octanol–water partition coefficient (Wildman–Crippen LogP) is 0.0350. The molecule has 6 atom stereocenters. The van der Waals surface area contributed by atoms with E-state index in [4.69, 9.17) is 4.74 Å². The summed E-state index contributed by atoms with van der Waals surface area (Å²) in [5, 5.41) is 24.6. The number of fused-ring (bicyclic) bond motifs is 2. The SMILES string of the molecule is O=C(O)C[C@@H]1OCC=C2CN3CC[C@]45C6=CC(=O)C(=O)C([N+](=O)[O-])=C6N[C@@H]4[C@H]1[C@H]2C[C@@H]35. The van der Waals surface area contributed by atoms with Gasteiger partial charge in [-0.25, -0.2) is 0 Å². The van der Waals surface area contributed by atoms with Crippen LogP contribution in [-0.2, 0) is 19.1 Å². The number of carbonyl (C=O) groups is 3. The highest BCUT2D eigenvalue weighted by molar-refractivity contribution is 6.48. The third-order valence-corrected chi connectivity index (χ3v) is 8.26. The summed E-state index contributed by atoms with van der Waals surface area (Å²) in [7, 11) is 0. The van der Waals surface area contributed by atoms with Gasteiger partial charge in [-0.15, -0.1) is 0 Å². The highest BCUT2D eigenvalue weighted by atomic mass is 16.6. The molecule has 4 fully saturated rings. The normalized spacial score (nSPS) is 40.5. The Labute approximate surface area is 176 Å². The molecule has 2 N–H and O–H groups in total. The molecule has 1 spiro atoms. The number of allylic oxidation sites excluding steroid dienone is 3. The minimum absolute atomic E-state index is 0.0738. The Morgan fingerprint density at radius 1 is 1.42 bits per heavy atom. The molecule has 6 rings (SSSR count). The first-order chi connectivity index (χ1) is 14.8. The molecule has 2 aliphatic carbocycles. The molecule has 0 aromatic carbocycles. The van der Waals surface area contributed by atoms with E-state index in [0.717, 1.165) is 19.5 Å². The zero-order valence-corrected chi connectivity index (χ0v) is 16.6. The van der Waals surface area contributed by atoms with Crippen LogP contribution in [0, 0.1) is 27.4 Å². The van der Waals surface area contributed by atoms with Crippen LogP contribution < -0.4 is 5.32 Å². The molecule has 4 aliphatic heterocycles. The second kappa shape index (κ2) is 6.10. The monoisotopic (exact) mass is 427 g/mol. The van der Waals surface area contributed by atoms with Crippen molar-refractivity contribution in [3.63, 3.8) is 0 Å². The van der Waals surface area contributed by atoms with Gasteiger partial charge in [0.15, 0.2) is 0 Å². The van der Waals surface area contributed by atoms with Crippen molar-refractivity contribution in [3.05, 3.63) is 44.8 Å². The number of carbonyl (C=O) groups excluding carboxylic acids is 2. The highest BCUT2D eigenvalue weighted by Gasteiger charge is 2.69. The van der Waals surface area contributed by atoms with Gasteiger partial charge in [-0.2, -0.15) is 0 Å². The summed E-state index contributed by atoms with van der Waals surface area (Å²) in [6.07, 6.45) is 4.09. The second-order valence-electron chi connectivity index (χ2n) is 9.30. The third kappa shape index (κ3) is 2.26. The first-order valence-corrected chi connectivity index (χ1v) is 10.6. The van der Waals surface area contributed by atoms with Gasteiger partial charge in [0.1, 0.15) is 5.70 Å². The van der Waals surface area contributed by atoms with Crippen LogP contribution in [0.15, 0.2) is 34.7 Å². The Balaban J connectivity index is 1.57. The Morgan fingerprint density at radius 3 is 2.97 bits per heavy atom. The van der Waals surface area contributed by atoms with Crippen molar-refractivity contribution in [2.75, 3.05) is 19.7 Å². The maximum absolute atomic E-state index is 12.4. The van der Waals surface area contributed by atoms with E-state index in [0.29, 0.717) is 18.6 Å². The van der Waals surface area contributed by atoms with Crippen molar-refractivity contribution in [1.82, 2.24) is 10.2 Å². The van der Waals surface area contributed by atoms with Gasteiger partial charge in [0.05, 0.1) is 24.1 Å². The lowest BCUT2D eigenvalue weighted by atomic mass is 9.54. The van der Waals surface area contributed by atoms with Gasteiger partial charge < -0.3 is 15.2 Å². The van der Waals surface area contributed by atoms with Crippen LogP contribution in [0.2, 0.25) is 0 Å². The van der Waals surface area contributed by atoms with E-state index in [1.807, 2.05) is 0 Å². The van der Waals surface area contributed by atoms with Crippen molar-refractivity contribution in [1.29, 1.82) is 0 Å². The summed E-state index contributed by atoms with van der Waals surface area (Å²) in [5.41, 5.74) is 0.637. The average Bonchev–Trinajstić information content (AvgIpc) is 3.18. The lowest BCUT2D eigenvalue weighted by Gasteiger charge is -2.55. The van der Waals surface area contributed by atoms with Crippen LogP contribution in [0.4, 0.5) is 0 Å². The Kier molecular flexibility index (Phi) is 3.72. The maximum atomic E-state index is 12.4. The van der Waals surface area contributed by atoms with E-state index in [9.17, 15) is 29.6 Å². The number of piperidine rings is 1. The number of nitrogens with zero attached hydrogens (tertiary/aromatic N) is 2. The quantitative estimate of drug-likeness (QED) is 0.210. The standard InChI is InChI=1S/C21H21N3O7/c25-12-6-11-17(18(19(12)28)24(29)30)22-20-16-10-5-14-21(11,20)2-3-23(14)8-9(10)1-4-31-13(16)7-15(26)27/h1,6,10,13-14,16,20,22H,2-5,7-8H2,(H,26,27)/t10-,13-,14+,16-,20+,21+/m0/s1. The molecule has 0 radical (unpaired) electrons. The summed E-state index contributed by atoms with van der Waals surface area (Å²) in [5.74, 6) is -3.05. The number of Topliss-reactive ketones (excluding diaryl/α,β-unsaturated/α-hetero) is 1. The first-order valence-electron chi connectivity index (χ1n) is 10.6. The summed E-state index contributed by atoms with van der Waals surface area (Å²) < 4.78 is 6.00. The van der Waals surface area contributed by atoms with E-state index in [2.05, 4.69) is 16.3 Å². The number of ether oxygens (including phenoxy) is 1. The van der Waals surface area contributed by atoms with Gasteiger partial charge in [-0.3, -0.25) is 29.4 Å². The van der Waals surface area contributed by atoms with Gasteiger partial charge in [-0.1, -0.05) is 11.6 Å². The molecule has 0 unspecified atom stereocenters. The molecule has 31 heavy (non-hydrogen) atoms. The fraction of sp³-hybridized carbons (Fsp3) is 0.571. The number of aliphatic carboxylic acids is 1. The van der Waals surface area contributed by atoms with Gasteiger partial charge in [0, 0.05) is 30.0 Å². The van der Waals surface area contributed by atoms with Crippen molar-refractivity contribution >= 4 is 17.5 Å². The number of ketones is 2. The van der Waals surface area contributed by atoms with Crippen LogP contribution in [0.3, 0.4) is 0 Å². The van der Waals surface area contributed by atoms with Crippen LogP contribution in [0.5, 0.6) is 0 Å². The van der Waals surface area contributed by atoms with Crippen molar-refractivity contribution in [2.24, 2.45) is 17.3 Å². The molecule has 2 bridgehead atoms. The smallest absolute Gasteiger partial charge is 0.343 e. The molecule has 3 saturated heterocycles. The molecule has 10 nitrogen and oxygen atoms in total. The third-order valence-electron chi connectivity index (χ3n) is 8.26. The number of nitrogens with one attached hydrogen (secondary N) is 1. The largest absolute Gasteiger partial charge is 0.481 e. The Hall–Kier alpha value is -2.85. The lowest BCUT2D eigenvalue weighted by molar-refractivity contribution is -0.419. The van der Waals surface area contributed by atoms with Crippen molar-refractivity contribution in [3.8, 4) is 0 Å². The molecule has 0 aromatic heterocycles. The van der Waals surface area contributed by atoms with E-state index in [1.165, 1.54) is 11.6 Å². The topological polar surface area (TPSA) is 139 Å². The van der Waals surface area contributed by atoms with E-state index in [1.54, 1.807) is 0 Å². The zero-order chi connectivity index (χ0) is 21.7. The second-order valence-corrected chi connectivity index (χ2v) is 9.30. The van der Waals surface area contributed by atoms with Crippen LogP contribution in [0.1, 0.15) is 19.3 Å². The van der Waals surface area contributed by atoms with Crippen LogP contribution in [-0.4, -0.2) is 70.3 Å². The molecule has 162 valence electrons. The Bertz CT molecular complexity index is 1060. The maximum Gasteiger partial charge on any atom is 0.343 e. The minimum atomic E-state index is -1.11. The van der Waals surface area contributed by atoms with Gasteiger partial charge >= 0.3 is 17.4 Å². The molecule has 1 saturated carbocycles. The first kappa shape index (κ1) is 18.9. The summed E-state index contributed by atoms with van der Waals surface area (Å²) >= 11 is 0. The van der Waals surface area contributed by atoms with E-state index >= 15 is 0 Å². The summed E-state index contributed by atoms with van der Waals surface area (Å²) in [4.78, 5) is 49.8. The van der Waals surface area contributed by atoms with E-state index < -0.39 is 39.7 Å². The molecular weight excluding hydrogens is 406 g/mol. The fourth-order valence-corrected chi connectivity index (χ4v) is 7.23. The predicted molar refractivity (Wildman–Crippen MR) is 103 cm³/mol. The lowest BCUT2D eigenvalue weighted by Crippen LogP contribution is -2.63. The van der Waals surface area contributed by atoms with Gasteiger partial charge in [0.2, 0.25) is 5.78 Å². The molecule has 10 heteroatoms. The summed E-state index contributed by atoms with van der Waals surface area (Å²) in [6.45, 7) is 1.87. The average molecular weight is 427 g/mol. The minimum Gasteiger partial charge on any atom is -0.481 e. The number of nitro groups is 1. The molecule has 4 heterocycles. The summed E-state index contributed by atoms with van der Waals surface area (Å²) in [6, 6.07) is -0.271. The van der Waals surface area contributed by atoms with E-state index in [-0.39, 0.29) is 36.0 Å².